The van der Waals surface area contributed by atoms with Gasteiger partial charge in [0.05, 0.1) is 31.5 Å². The lowest BCUT2D eigenvalue weighted by atomic mass is 10.2. The molecule has 0 unspecified atom stereocenters. The van der Waals surface area contributed by atoms with E-state index >= 15 is 0 Å². The maximum atomic E-state index is 12.6. The van der Waals surface area contributed by atoms with Gasteiger partial charge in [-0.15, -0.1) is 0 Å². The number of benzene rings is 3. The molecule has 35 heavy (non-hydrogen) atoms. The Morgan fingerprint density at radius 1 is 1.00 bits per heavy atom. The van der Waals surface area contributed by atoms with E-state index in [9.17, 15) is 13.2 Å². The quantitative estimate of drug-likeness (QED) is 0.221. The van der Waals surface area contributed by atoms with Crippen LogP contribution in [0.15, 0.2) is 75.1 Å². The van der Waals surface area contributed by atoms with Crippen molar-refractivity contribution in [1.82, 2.24) is 5.43 Å². The standard InChI is InChI=1S/C24H23BrN2O7S/c1-4-33-20-11-10-17(14-21(20)31-2)24(28)27-26-15-16-12-19(25)23(22(13-16)32-3)34-35(29,30)18-8-6-5-7-9-18/h5-15H,4H2,1-3H3,(H,27,28)/b26-15+. The van der Waals surface area contributed by atoms with Crippen LogP contribution in [0, 0.1) is 0 Å². The fraction of sp³-hybridized carbons (Fsp3) is 0.167. The Morgan fingerprint density at radius 2 is 1.71 bits per heavy atom. The molecule has 0 aliphatic heterocycles. The van der Waals surface area contributed by atoms with Crippen molar-refractivity contribution in [3.63, 3.8) is 0 Å². The number of rotatable bonds is 10. The molecule has 0 fully saturated rings. The zero-order valence-electron chi connectivity index (χ0n) is 19.1. The predicted octanol–water partition coefficient (Wildman–Crippen LogP) is 4.40. The minimum absolute atomic E-state index is 0.00762. The lowest BCUT2D eigenvalue weighted by Crippen LogP contribution is -2.17. The van der Waals surface area contributed by atoms with Gasteiger partial charge < -0.3 is 18.4 Å². The van der Waals surface area contributed by atoms with Gasteiger partial charge in [-0.3, -0.25) is 4.79 Å². The van der Waals surface area contributed by atoms with E-state index in [1.54, 1.807) is 42.5 Å². The summed E-state index contributed by atoms with van der Waals surface area (Å²) in [6, 6.07) is 15.6. The van der Waals surface area contributed by atoms with Crippen molar-refractivity contribution >= 4 is 38.2 Å². The number of methoxy groups -OCH3 is 2. The van der Waals surface area contributed by atoms with E-state index in [1.807, 2.05) is 6.92 Å². The summed E-state index contributed by atoms with van der Waals surface area (Å²) in [6.45, 7) is 2.32. The average molecular weight is 563 g/mol. The number of hydrogen-bond acceptors (Lipinski definition) is 8. The third-order valence-electron chi connectivity index (χ3n) is 4.58. The molecular weight excluding hydrogens is 540 g/mol. The molecule has 0 saturated heterocycles. The van der Waals surface area contributed by atoms with Crippen LogP contribution in [0.4, 0.5) is 0 Å². The molecular formula is C24H23BrN2O7S. The van der Waals surface area contributed by atoms with Gasteiger partial charge in [0, 0.05) is 5.56 Å². The number of nitrogens with zero attached hydrogens (tertiary/aromatic N) is 1. The van der Waals surface area contributed by atoms with Crippen molar-refractivity contribution in [1.29, 1.82) is 0 Å². The molecule has 0 aliphatic rings. The SMILES string of the molecule is CCOc1ccc(C(=O)N/N=C/c2cc(Br)c(OS(=O)(=O)c3ccccc3)c(OC)c2)cc1OC. The molecule has 1 N–H and O–H groups in total. The van der Waals surface area contributed by atoms with E-state index in [-0.39, 0.29) is 16.4 Å². The van der Waals surface area contributed by atoms with Gasteiger partial charge in [-0.25, -0.2) is 5.43 Å². The van der Waals surface area contributed by atoms with Crippen molar-refractivity contribution in [2.45, 2.75) is 11.8 Å². The van der Waals surface area contributed by atoms with E-state index in [1.165, 1.54) is 38.6 Å². The maximum absolute atomic E-state index is 12.6. The molecule has 0 spiro atoms. The molecule has 0 atom stereocenters. The Labute approximate surface area is 211 Å². The Morgan fingerprint density at radius 3 is 2.37 bits per heavy atom. The van der Waals surface area contributed by atoms with Gasteiger partial charge >= 0.3 is 10.1 Å². The van der Waals surface area contributed by atoms with Crippen molar-refractivity contribution in [3.8, 4) is 23.0 Å². The van der Waals surface area contributed by atoms with Crippen LogP contribution >= 0.6 is 15.9 Å². The molecule has 184 valence electrons. The van der Waals surface area contributed by atoms with Gasteiger partial charge in [-0.05, 0) is 70.9 Å². The van der Waals surface area contributed by atoms with Gasteiger partial charge in [-0.2, -0.15) is 13.5 Å². The molecule has 11 heteroatoms. The zero-order chi connectivity index (χ0) is 25.4. The Bertz CT molecular complexity index is 1330. The van der Waals surface area contributed by atoms with E-state index < -0.39 is 16.0 Å². The van der Waals surface area contributed by atoms with Crippen molar-refractivity contribution < 1.29 is 31.6 Å². The van der Waals surface area contributed by atoms with Crippen molar-refractivity contribution in [2.24, 2.45) is 5.10 Å². The molecule has 3 aromatic carbocycles. The largest absolute Gasteiger partial charge is 0.493 e. The van der Waals surface area contributed by atoms with Gasteiger partial charge in [-0.1, -0.05) is 18.2 Å². The minimum atomic E-state index is -4.07. The summed E-state index contributed by atoms with van der Waals surface area (Å²) in [4.78, 5) is 12.5. The second-order valence-electron chi connectivity index (χ2n) is 6.88. The zero-order valence-corrected chi connectivity index (χ0v) is 21.6. The van der Waals surface area contributed by atoms with E-state index in [4.69, 9.17) is 18.4 Å². The van der Waals surface area contributed by atoms with E-state index in [0.717, 1.165) is 0 Å². The third kappa shape index (κ3) is 6.52. The van der Waals surface area contributed by atoms with Crippen molar-refractivity contribution in [2.75, 3.05) is 20.8 Å². The first-order valence-corrected chi connectivity index (χ1v) is 12.5. The number of halogens is 1. The van der Waals surface area contributed by atoms with Gasteiger partial charge in [0.25, 0.3) is 5.91 Å². The lowest BCUT2D eigenvalue weighted by molar-refractivity contribution is 0.0954. The molecule has 0 aromatic heterocycles. The van der Waals surface area contributed by atoms with Gasteiger partial charge in [0.2, 0.25) is 0 Å². The molecule has 0 heterocycles. The highest BCUT2D eigenvalue weighted by atomic mass is 79.9. The number of amides is 1. The first-order chi connectivity index (χ1) is 16.8. The van der Waals surface area contributed by atoms with Crippen LogP contribution in [0.25, 0.3) is 0 Å². The first-order valence-electron chi connectivity index (χ1n) is 10.3. The molecule has 0 radical (unpaired) electrons. The van der Waals surface area contributed by atoms with Crippen LogP contribution in [0.1, 0.15) is 22.8 Å². The summed E-state index contributed by atoms with van der Waals surface area (Å²) in [5.74, 6) is 0.645. The predicted molar refractivity (Wildman–Crippen MR) is 134 cm³/mol. The van der Waals surface area contributed by atoms with Crippen LogP contribution < -0.4 is 23.8 Å². The van der Waals surface area contributed by atoms with Gasteiger partial charge in [0.1, 0.15) is 4.90 Å². The van der Waals surface area contributed by atoms with Crippen LogP contribution in [0.2, 0.25) is 0 Å². The molecule has 0 saturated carbocycles. The Hall–Kier alpha value is -3.57. The number of carbonyl (C=O) groups excluding carboxylic acids is 1. The minimum Gasteiger partial charge on any atom is -0.493 e. The summed E-state index contributed by atoms with van der Waals surface area (Å²) < 4.78 is 46.8. The number of ether oxygens (including phenoxy) is 3. The first kappa shape index (κ1) is 26.0. The number of hydrogen-bond donors (Lipinski definition) is 1. The summed E-state index contributed by atoms with van der Waals surface area (Å²) in [6.07, 6.45) is 1.38. The highest BCUT2D eigenvalue weighted by Crippen LogP contribution is 2.38. The molecule has 1 amide bonds. The number of carbonyl (C=O) groups is 1. The smallest absolute Gasteiger partial charge is 0.339 e. The molecule has 0 aliphatic carbocycles. The number of nitrogens with one attached hydrogen (secondary N) is 1. The van der Waals surface area contributed by atoms with E-state index in [2.05, 4.69) is 26.5 Å². The molecule has 9 nitrogen and oxygen atoms in total. The number of hydrazone groups is 1. The highest BCUT2D eigenvalue weighted by Gasteiger charge is 2.21. The summed E-state index contributed by atoms with van der Waals surface area (Å²) in [7, 11) is -1.20. The molecule has 0 bridgehead atoms. The Balaban J connectivity index is 1.76. The second-order valence-corrected chi connectivity index (χ2v) is 9.28. The van der Waals surface area contributed by atoms with Crippen LogP contribution in [-0.2, 0) is 10.1 Å². The van der Waals surface area contributed by atoms with Gasteiger partial charge in [0.15, 0.2) is 23.0 Å². The summed E-state index contributed by atoms with van der Waals surface area (Å²) in [5.41, 5.74) is 3.28. The van der Waals surface area contributed by atoms with Crippen LogP contribution in [-0.4, -0.2) is 41.4 Å². The topological polar surface area (TPSA) is 113 Å². The molecule has 3 rings (SSSR count). The summed E-state index contributed by atoms with van der Waals surface area (Å²) in [5, 5.41) is 3.97. The average Bonchev–Trinajstić information content (AvgIpc) is 2.86. The van der Waals surface area contributed by atoms with E-state index in [0.29, 0.717) is 33.7 Å². The van der Waals surface area contributed by atoms with Crippen LogP contribution in [0.3, 0.4) is 0 Å². The maximum Gasteiger partial charge on any atom is 0.339 e. The Kier molecular flexibility index (Phi) is 8.72. The monoisotopic (exact) mass is 562 g/mol. The lowest BCUT2D eigenvalue weighted by Gasteiger charge is -2.13. The third-order valence-corrected chi connectivity index (χ3v) is 6.41. The fourth-order valence-electron chi connectivity index (χ4n) is 2.95. The second kappa shape index (κ2) is 11.7. The fourth-order valence-corrected chi connectivity index (χ4v) is 4.58. The summed E-state index contributed by atoms with van der Waals surface area (Å²) >= 11 is 3.31. The normalized spacial score (nSPS) is 11.2. The van der Waals surface area contributed by atoms with Crippen molar-refractivity contribution in [3.05, 3.63) is 76.3 Å². The van der Waals surface area contributed by atoms with Crippen LogP contribution in [0.5, 0.6) is 23.0 Å². The molecule has 3 aromatic rings. The highest BCUT2D eigenvalue weighted by molar-refractivity contribution is 9.10.